The zero-order valence-corrected chi connectivity index (χ0v) is 16.8. The van der Waals surface area contributed by atoms with Gasteiger partial charge in [-0.3, -0.25) is 4.79 Å². The van der Waals surface area contributed by atoms with Crippen molar-refractivity contribution in [3.63, 3.8) is 0 Å². The van der Waals surface area contributed by atoms with Crippen molar-refractivity contribution in [2.45, 2.75) is 6.18 Å². The number of methoxy groups -OCH3 is 3. The third kappa shape index (κ3) is 4.96. The Kier molecular flexibility index (Phi) is 7.19. The minimum absolute atomic E-state index is 0.114. The molecule has 0 aliphatic heterocycles. The van der Waals surface area contributed by atoms with Crippen LogP contribution in [-0.4, -0.2) is 27.2 Å². The van der Waals surface area contributed by atoms with Gasteiger partial charge < -0.3 is 19.5 Å². The number of anilines is 1. The first kappa shape index (κ1) is 22.9. The maximum absolute atomic E-state index is 12.9. The Balaban J connectivity index is 2.43. The fourth-order valence-electron chi connectivity index (χ4n) is 2.53. The fraction of sp³-hybridized carbons (Fsp3) is 0.200. The van der Waals surface area contributed by atoms with Crippen LogP contribution in [0.3, 0.4) is 0 Å². The van der Waals surface area contributed by atoms with E-state index in [-0.39, 0.29) is 22.2 Å². The number of carbonyl (C=O) groups excluding carboxylic acids is 1. The maximum atomic E-state index is 12.9. The third-order valence-electron chi connectivity index (χ3n) is 3.94. The monoisotopic (exact) mass is 440 g/mol. The van der Waals surface area contributed by atoms with Gasteiger partial charge in [-0.2, -0.15) is 18.4 Å². The Labute approximate surface area is 175 Å². The lowest BCUT2D eigenvalue weighted by Crippen LogP contribution is -2.15. The zero-order chi connectivity index (χ0) is 22.5. The summed E-state index contributed by atoms with van der Waals surface area (Å²) in [5.41, 5.74) is -1.35. The van der Waals surface area contributed by atoms with Gasteiger partial charge in [0.25, 0.3) is 5.91 Å². The van der Waals surface area contributed by atoms with E-state index in [1.807, 2.05) is 0 Å². The van der Waals surface area contributed by atoms with Gasteiger partial charge in [-0.25, -0.2) is 0 Å². The maximum Gasteiger partial charge on any atom is 0.416 e. The summed E-state index contributed by atoms with van der Waals surface area (Å²) in [6.07, 6.45) is -3.41. The Morgan fingerprint density at radius 3 is 2.30 bits per heavy atom. The third-order valence-corrected chi connectivity index (χ3v) is 4.27. The number of nitriles is 1. The molecule has 2 aromatic carbocycles. The number of benzene rings is 2. The molecule has 1 N–H and O–H groups in total. The van der Waals surface area contributed by atoms with E-state index in [1.165, 1.54) is 33.5 Å². The molecule has 2 rings (SSSR count). The average molecular weight is 441 g/mol. The zero-order valence-electron chi connectivity index (χ0n) is 16.1. The summed E-state index contributed by atoms with van der Waals surface area (Å²) >= 11 is 5.88. The predicted molar refractivity (Wildman–Crippen MR) is 105 cm³/mol. The minimum atomic E-state index is -4.62. The van der Waals surface area contributed by atoms with Gasteiger partial charge in [-0.15, -0.1) is 0 Å². The summed E-state index contributed by atoms with van der Waals surface area (Å²) in [4.78, 5) is 12.5. The van der Waals surface area contributed by atoms with Gasteiger partial charge in [-0.1, -0.05) is 11.6 Å². The van der Waals surface area contributed by atoms with E-state index in [0.717, 1.165) is 12.1 Å². The molecule has 0 aliphatic rings. The minimum Gasteiger partial charge on any atom is -0.493 e. The second-order valence-corrected chi connectivity index (χ2v) is 6.15. The number of alkyl halides is 3. The molecule has 158 valence electrons. The van der Waals surface area contributed by atoms with E-state index >= 15 is 0 Å². The summed E-state index contributed by atoms with van der Waals surface area (Å²) < 4.78 is 54.4. The standard InChI is InChI=1S/C20H16ClF3N2O4/c1-28-16-7-4-11(17(29-2)18(16)30-3)8-12(10-25)19(27)26-15-9-13(20(22,23)24)5-6-14(15)21/h4-9H,1-3H3,(H,26,27). The molecule has 0 heterocycles. The van der Waals surface area contributed by atoms with Crippen LogP contribution in [0, 0.1) is 11.3 Å². The topological polar surface area (TPSA) is 80.6 Å². The molecule has 0 spiro atoms. The van der Waals surface area contributed by atoms with Crippen molar-refractivity contribution in [1.29, 1.82) is 5.26 Å². The van der Waals surface area contributed by atoms with E-state index < -0.39 is 23.2 Å². The van der Waals surface area contributed by atoms with Crippen LogP contribution in [-0.2, 0) is 11.0 Å². The molecule has 0 aliphatic carbocycles. The molecule has 0 aromatic heterocycles. The molecular weight excluding hydrogens is 425 g/mol. The Bertz CT molecular complexity index is 1030. The SMILES string of the molecule is COc1ccc(C=C(C#N)C(=O)Nc2cc(C(F)(F)F)ccc2Cl)c(OC)c1OC. The molecule has 0 unspecified atom stereocenters. The number of hydrogen-bond donors (Lipinski definition) is 1. The lowest BCUT2D eigenvalue weighted by atomic mass is 10.1. The van der Waals surface area contributed by atoms with Crippen LogP contribution in [0.2, 0.25) is 5.02 Å². The van der Waals surface area contributed by atoms with Crippen molar-refractivity contribution in [2.75, 3.05) is 26.6 Å². The molecule has 30 heavy (non-hydrogen) atoms. The Hall–Kier alpha value is -3.38. The quantitative estimate of drug-likeness (QED) is 0.509. The molecule has 0 atom stereocenters. The van der Waals surface area contributed by atoms with Gasteiger partial charge in [0.05, 0.1) is 37.6 Å². The number of ether oxygens (including phenoxy) is 3. The molecule has 0 bridgehead atoms. The summed E-state index contributed by atoms with van der Waals surface area (Å²) in [6, 6.07) is 7.26. The van der Waals surface area contributed by atoms with E-state index in [2.05, 4.69) is 5.32 Å². The Morgan fingerprint density at radius 2 is 1.77 bits per heavy atom. The molecule has 0 radical (unpaired) electrons. The largest absolute Gasteiger partial charge is 0.493 e. The van der Waals surface area contributed by atoms with Crippen LogP contribution < -0.4 is 19.5 Å². The van der Waals surface area contributed by atoms with E-state index in [9.17, 15) is 23.2 Å². The molecule has 1 amide bonds. The number of amides is 1. The van der Waals surface area contributed by atoms with Crippen molar-refractivity contribution in [1.82, 2.24) is 0 Å². The van der Waals surface area contributed by atoms with Gasteiger partial charge in [0.15, 0.2) is 11.5 Å². The van der Waals surface area contributed by atoms with E-state index in [1.54, 1.807) is 12.1 Å². The van der Waals surface area contributed by atoms with Crippen LogP contribution in [0.15, 0.2) is 35.9 Å². The molecule has 10 heteroatoms. The highest BCUT2D eigenvalue weighted by atomic mass is 35.5. The van der Waals surface area contributed by atoms with Gasteiger partial charge in [0, 0.05) is 5.56 Å². The molecule has 0 saturated carbocycles. The first-order chi connectivity index (χ1) is 14.2. The summed E-state index contributed by atoms with van der Waals surface area (Å²) in [5, 5.41) is 11.5. The van der Waals surface area contributed by atoms with Crippen LogP contribution in [0.5, 0.6) is 17.2 Å². The number of hydrogen-bond acceptors (Lipinski definition) is 5. The van der Waals surface area contributed by atoms with Crippen molar-refractivity contribution in [2.24, 2.45) is 0 Å². The number of nitrogens with one attached hydrogen (secondary N) is 1. The highest BCUT2D eigenvalue weighted by Gasteiger charge is 2.31. The molecular formula is C20H16ClF3N2O4. The lowest BCUT2D eigenvalue weighted by molar-refractivity contribution is -0.137. The normalized spacial score (nSPS) is 11.5. The Morgan fingerprint density at radius 1 is 1.10 bits per heavy atom. The van der Waals surface area contributed by atoms with Crippen LogP contribution in [0.1, 0.15) is 11.1 Å². The van der Waals surface area contributed by atoms with E-state index in [0.29, 0.717) is 17.4 Å². The lowest BCUT2D eigenvalue weighted by Gasteiger charge is -2.14. The average Bonchev–Trinajstić information content (AvgIpc) is 2.71. The summed E-state index contributed by atoms with van der Waals surface area (Å²) in [7, 11) is 4.18. The number of nitrogens with zero attached hydrogens (tertiary/aromatic N) is 1. The predicted octanol–water partition coefficient (Wildman–Crippen LogP) is 4.93. The van der Waals surface area contributed by atoms with Crippen LogP contribution >= 0.6 is 11.6 Å². The molecule has 2 aromatic rings. The van der Waals surface area contributed by atoms with Crippen molar-refractivity contribution in [3.8, 4) is 23.3 Å². The first-order valence-electron chi connectivity index (χ1n) is 8.25. The van der Waals surface area contributed by atoms with Crippen LogP contribution in [0.4, 0.5) is 18.9 Å². The van der Waals surface area contributed by atoms with Crippen molar-refractivity contribution in [3.05, 3.63) is 52.1 Å². The fourth-order valence-corrected chi connectivity index (χ4v) is 2.69. The number of rotatable bonds is 6. The second-order valence-electron chi connectivity index (χ2n) is 5.74. The van der Waals surface area contributed by atoms with Gasteiger partial charge in [-0.05, 0) is 36.4 Å². The summed E-state index contributed by atoms with van der Waals surface area (Å²) in [6.45, 7) is 0. The molecule has 0 saturated heterocycles. The smallest absolute Gasteiger partial charge is 0.416 e. The number of carbonyl (C=O) groups is 1. The highest BCUT2D eigenvalue weighted by Crippen LogP contribution is 2.40. The summed E-state index contributed by atoms with van der Waals surface area (Å²) in [5.74, 6) is -0.136. The second kappa shape index (κ2) is 9.41. The van der Waals surface area contributed by atoms with Gasteiger partial charge in [0.2, 0.25) is 5.75 Å². The van der Waals surface area contributed by atoms with Gasteiger partial charge in [0.1, 0.15) is 11.6 Å². The highest BCUT2D eigenvalue weighted by molar-refractivity contribution is 6.34. The number of halogens is 4. The molecule has 6 nitrogen and oxygen atoms in total. The first-order valence-corrected chi connectivity index (χ1v) is 8.62. The van der Waals surface area contributed by atoms with E-state index in [4.69, 9.17) is 25.8 Å². The van der Waals surface area contributed by atoms with Crippen LogP contribution in [0.25, 0.3) is 6.08 Å². The van der Waals surface area contributed by atoms with Crippen molar-refractivity contribution >= 4 is 29.3 Å². The van der Waals surface area contributed by atoms with Gasteiger partial charge >= 0.3 is 6.18 Å². The molecule has 0 fully saturated rings. The van der Waals surface area contributed by atoms with Crippen molar-refractivity contribution < 1.29 is 32.2 Å².